The van der Waals surface area contributed by atoms with Crippen molar-refractivity contribution >= 4 is 5.97 Å². The van der Waals surface area contributed by atoms with Gasteiger partial charge >= 0.3 is 5.97 Å². The van der Waals surface area contributed by atoms with Crippen LogP contribution in [0.25, 0.3) is 0 Å². The van der Waals surface area contributed by atoms with E-state index in [1.165, 1.54) is 0 Å². The molecular weight excluding hydrogens is 164 g/mol. The number of carbonyl (C=O) groups excluding carboxylic acids is 1. The molecule has 0 radical (unpaired) electrons. The van der Waals surface area contributed by atoms with Gasteiger partial charge in [0.1, 0.15) is 0 Å². The monoisotopic (exact) mass is 182 g/mol. The van der Waals surface area contributed by atoms with Crippen LogP contribution in [0.15, 0.2) is 12.2 Å². The van der Waals surface area contributed by atoms with Gasteiger partial charge in [-0.2, -0.15) is 0 Å². The summed E-state index contributed by atoms with van der Waals surface area (Å²) in [6.07, 6.45) is 8.16. The highest BCUT2D eigenvalue weighted by Gasteiger charge is 2.42. The van der Waals surface area contributed by atoms with Crippen molar-refractivity contribution in [3.8, 4) is 0 Å². The zero-order chi connectivity index (χ0) is 9.73. The Kier molecular flexibility index (Phi) is 3.52. The molecule has 1 saturated carbocycles. The first-order valence-corrected chi connectivity index (χ1v) is 5.10. The third-order valence-electron chi connectivity index (χ3n) is 2.60. The second-order valence-corrected chi connectivity index (χ2v) is 3.54. The average molecular weight is 182 g/mol. The molecule has 0 saturated heterocycles. The van der Waals surface area contributed by atoms with E-state index < -0.39 is 0 Å². The molecule has 1 rings (SSSR count). The molecule has 0 aliphatic heterocycles. The van der Waals surface area contributed by atoms with E-state index in [-0.39, 0.29) is 11.4 Å². The van der Waals surface area contributed by atoms with Gasteiger partial charge in [0.2, 0.25) is 0 Å². The number of hydrogen-bond acceptors (Lipinski definition) is 2. The van der Waals surface area contributed by atoms with E-state index in [4.69, 9.17) is 4.74 Å². The maximum atomic E-state index is 11.6. The van der Waals surface area contributed by atoms with Crippen LogP contribution in [-0.4, -0.2) is 12.6 Å². The predicted molar refractivity (Wildman–Crippen MR) is 52.3 cm³/mol. The van der Waals surface area contributed by atoms with Crippen LogP contribution in [0, 0.1) is 5.41 Å². The number of hydrogen-bond donors (Lipinski definition) is 0. The Bertz CT molecular complexity index is 202. The summed E-state index contributed by atoms with van der Waals surface area (Å²) in [5.74, 6) is -0.0362. The summed E-state index contributed by atoms with van der Waals surface area (Å²) in [7, 11) is 0. The molecule has 0 amide bonds. The fraction of sp³-hybridized carbons (Fsp3) is 0.727. The predicted octanol–water partition coefficient (Wildman–Crippen LogP) is 2.69. The van der Waals surface area contributed by atoms with E-state index in [2.05, 4.69) is 13.0 Å². The molecule has 0 spiro atoms. The molecule has 0 aromatic rings. The normalized spacial score (nSPS) is 19.8. The van der Waals surface area contributed by atoms with Crippen LogP contribution < -0.4 is 0 Å². The van der Waals surface area contributed by atoms with Crippen LogP contribution in [-0.2, 0) is 9.53 Å². The fourth-order valence-corrected chi connectivity index (χ4v) is 1.61. The van der Waals surface area contributed by atoms with E-state index >= 15 is 0 Å². The highest BCUT2D eigenvalue weighted by molar-refractivity contribution is 5.80. The van der Waals surface area contributed by atoms with Crippen LogP contribution in [0.2, 0.25) is 0 Å². The Morgan fingerprint density at radius 1 is 1.46 bits per heavy atom. The van der Waals surface area contributed by atoms with Crippen LogP contribution in [0.4, 0.5) is 0 Å². The summed E-state index contributed by atoms with van der Waals surface area (Å²) in [6.45, 7) is 4.42. The first-order chi connectivity index (χ1) is 6.25. The van der Waals surface area contributed by atoms with E-state index in [9.17, 15) is 4.79 Å². The van der Waals surface area contributed by atoms with Crippen molar-refractivity contribution < 1.29 is 9.53 Å². The third-order valence-corrected chi connectivity index (χ3v) is 2.60. The van der Waals surface area contributed by atoms with E-state index in [0.717, 1.165) is 25.7 Å². The highest BCUT2D eigenvalue weighted by atomic mass is 16.5. The van der Waals surface area contributed by atoms with Crippen LogP contribution in [0.1, 0.15) is 39.5 Å². The van der Waals surface area contributed by atoms with E-state index in [1.54, 1.807) is 0 Å². The Labute approximate surface area is 80.0 Å². The van der Waals surface area contributed by atoms with Gasteiger partial charge in [0.05, 0.1) is 12.0 Å². The standard InChI is InChI=1S/C11H18O2/c1-3-5-7-11(8-6-9-11)10(12)13-4-2/h5,7H,3-4,6,8-9H2,1-2H3. The van der Waals surface area contributed by atoms with Gasteiger partial charge < -0.3 is 4.74 Å². The lowest BCUT2D eigenvalue weighted by atomic mass is 9.68. The Balaban J connectivity index is 2.58. The molecule has 13 heavy (non-hydrogen) atoms. The molecule has 74 valence electrons. The average Bonchev–Trinajstić information content (AvgIpc) is 2.03. The molecule has 0 aromatic carbocycles. The molecule has 1 fully saturated rings. The van der Waals surface area contributed by atoms with Crippen LogP contribution >= 0.6 is 0 Å². The first-order valence-electron chi connectivity index (χ1n) is 5.10. The zero-order valence-electron chi connectivity index (χ0n) is 8.51. The molecule has 2 heteroatoms. The van der Waals surface area contributed by atoms with Gasteiger partial charge in [-0.25, -0.2) is 0 Å². The van der Waals surface area contributed by atoms with Gasteiger partial charge in [-0.15, -0.1) is 0 Å². The highest BCUT2D eigenvalue weighted by Crippen LogP contribution is 2.43. The SMILES string of the molecule is CCC=CC1(C(=O)OCC)CCC1. The summed E-state index contributed by atoms with van der Waals surface area (Å²) in [5.41, 5.74) is -0.258. The summed E-state index contributed by atoms with van der Waals surface area (Å²) in [6, 6.07) is 0. The molecule has 0 heterocycles. The lowest BCUT2D eigenvalue weighted by Crippen LogP contribution is -2.37. The minimum atomic E-state index is -0.258. The zero-order valence-corrected chi connectivity index (χ0v) is 8.51. The van der Waals surface area contributed by atoms with Crippen molar-refractivity contribution in [1.82, 2.24) is 0 Å². The number of allylic oxidation sites excluding steroid dienone is 1. The van der Waals surface area contributed by atoms with Crippen molar-refractivity contribution in [3.63, 3.8) is 0 Å². The molecule has 2 nitrogen and oxygen atoms in total. The number of carbonyl (C=O) groups is 1. The summed E-state index contributed by atoms with van der Waals surface area (Å²) < 4.78 is 5.06. The lowest BCUT2D eigenvalue weighted by Gasteiger charge is -2.36. The van der Waals surface area contributed by atoms with E-state index in [0.29, 0.717) is 6.61 Å². The minimum Gasteiger partial charge on any atom is -0.465 e. The molecule has 0 aromatic heterocycles. The lowest BCUT2D eigenvalue weighted by molar-refractivity contribution is -0.156. The molecular formula is C11H18O2. The minimum absolute atomic E-state index is 0.0362. The number of esters is 1. The smallest absolute Gasteiger partial charge is 0.315 e. The van der Waals surface area contributed by atoms with Crippen molar-refractivity contribution in [1.29, 1.82) is 0 Å². The second-order valence-electron chi connectivity index (χ2n) is 3.54. The van der Waals surface area contributed by atoms with Crippen molar-refractivity contribution in [2.24, 2.45) is 5.41 Å². The van der Waals surface area contributed by atoms with Crippen molar-refractivity contribution in [2.45, 2.75) is 39.5 Å². The van der Waals surface area contributed by atoms with Gasteiger partial charge in [0.15, 0.2) is 0 Å². The second kappa shape index (κ2) is 4.45. The number of ether oxygens (including phenoxy) is 1. The summed E-state index contributed by atoms with van der Waals surface area (Å²) in [4.78, 5) is 11.6. The largest absolute Gasteiger partial charge is 0.465 e. The molecule has 1 aliphatic carbocycles. The fourth-order valence-electron chi connectivity index (χ4n) is 1.61. The first kappa shape index (κ1) is 10.3. The van der Waals surface area contributed by atoms with E-state index in [1.807, 2.05) is 13.0 Å². The maximum absolute atomic E-state index is 11.6. The Morgan fingerprint density at radius 3 is 2.54 bits per heavy atom. The topological polar surface area (TPSA) is 26.3 Å². The maximum Gasteiger partial charge on any atom is 0.315 e. The quantitative estimate of drug-likeness (QED) is 0.493. The Hall–Kier alpha value is -0.790. The third kappa shape index (κ3) is 2.11. The molecule has 0 unspecified atom stereocenters. The summed E-state index contributed by atoms with van der Waals surface area (Å²) in [5, 5.41) is 0. The van der Waals surface area contributed by atoms with Gasteiger partial charge in [-0.1, -0.05) is 25.5 Å². The van der Waals surface area contributed by atoms with Gasteiger partial charge in [0, 0.05) is 0 Å². The van der Waals surface area contributed by atoms with Crippen LogP contribution in [0.3, 0.4) is 0 Å². The molecule has 0 atom stereocenters. The van der Waals surface area contributed by atoms with Gasteiger partial charge in [-0.05, 0) is 26.2 Å². The summed E-state index contributed by atoms with van der Waals surface area (Å²) >= 11 is 0. The van der Waals surface area contributed by atoms with Gasteiger partial charge in [0.25, 0.3) is 0 Å². The Morgan fingerprint density at radius 2 is 2.15 bits per heavy atom. The number of rotatable bonds is 4. The van der Waals surface area contributed by atoms with Crippen molar-refractivity contribution in [3.05, 3.63) is 12.2 Å². The van der Waals surface area contributed by atoms with Crippen molar-refractivity contribution in [2.75, 3.05) is 6.61 Å². The molecule has 0 bridgehead atoms. The van der Waals surface area contributed by atoms with Gasteiger partial charge in [-0.3, -0.25) is 4.79 Å². The molecule has 1 aliphatic rings. The molecule has 0 N–H and O–H groups in total. The van der Waals surface area contributed by atoms with Crippen LogP contribution in [0.5, 0.6) is 0 Å².